The molecule has 0 atom stereocenters. The second-order valence-corrected chi connectivity index (χ2v) is 5.20. The zero-order valence-corrected chi connectivity index (χ0v) is 11.1. The van der Waals surface area contributed by atoms with Gasteiger partial charge in [-0.25, -0.2) is 5.43 Å². The van der Waals surface area contributed by atoms with Gasteiger partial charge in [-0.05, 0) is 31.2 Å². The van der Waals surface area contributed by atoms with Crippen molar-refractivity contribution >= 4 is 34.6 Å². The summed E-state index contributed by atoms with van der Waals surface area (Å²) in [7, 11) is 0. The van der Waals surface area contributed by atoms with E-state index in [0.29, 0.717) is 15.6 Å². The third-order valence-corrected chi connectivity index (χ3v) is 3.52. The van der Waals surface area contributed by atoms with E-state index >= 15 is 0 Å². The normalized spacial score (nSPS) is 11.3. The minimum Gasteiger partial charge on any atom is -0.267 e. The number of amides is 1. The average molecular weight is 280 g/mol. The van der Waals surface area contributed by atoms with Crippen molar-refractivity contribution in [3.8, 4) is 0 Å². The summed E-state index contributed by atoms with van der Waals surface area (Å²) in [6.45, 7) is 1.81. The summed E-state index contributed by atoms with van der Waals surface area (Å²) in [6.07, 6.45) is 3.10. The fourth-order valence-electron chi connectivity index (χ4n) is 1.26. The van der Waals surface area contributed by atoms with E-state index in [1.165, 1.54) is 17.5 Å². The fraction of sp³-hybridized carbons (Fsp3) is 0.0833. The Labute approximate surface area is 113 Å². The molecular formula is C12H10ClN3OS. The molecule has 2 aromatic rings. The van der Waals surface area contributed by atoms with Gasteiger partial charge >= 0.3 is 0 Å². The molecule has 0 unspecified atom stereocenters. The Morgan fingerprint density at radius 3 is 2.89 bits per heavy atom. The molecule has 0 saturated heterocycles. The van der Waals surface area contributed by atoms with Crippen molar-refractivity contribution in [3.05, 3.63) is 51.4 Å². The second-order valence-electron chi connectivity index (χ2n) is 3.48. The third kappa shape index (κ3) is 3.15. The van der Waals surface area contributed by atoms with Gasteiger partial charge in [0.1, 0.15) is 0 Å². The van der Waals surface area contributed by atoms with Gasteiger partial charge < -0.3 is 0 Å². The van der Waals surface area contributed by atoms with Crippen LogP contribution in [-0.4, -0.2) is 16.6 Å². The first-order valence-electron chi connectivity index (χ1n) is 5.17. The van der Waals surface area contributed by atoms with Crippen LogP contribution in [0.1, 0.15) is 22.2 Å². The van der Waals surface area contributed by atoms with Crippen LogP contribution in [-0.2, 0) is 0 Å². The molecule has 0 radical (unpaired) electrons. The van der Waals surface area contributed by atoms with Gasteiger partial charge in [-0.3, -0.25) is 9.78 Å². The quantitative estimate of drug-likeness (QED) is 0.694. The van der Waals surface area contributed by atoms with E-state index in [1.54, 1.807) is 24.4 Å². The van der Waals surface area contributed by atoms with Crippen LogP contribution in [0.15, 0.2) is 41.8 Å². The molecule has 2 aromatic heterocycles. The van der Waals surface area contributed by atoms with Gasteiger partial charge in [-0.2, -0.15) is 5.10 Å². The van der Waals surface area contributed by atoms with Crippen molar-refractivity contribution in [3.63, 3.8) is 0 Å². The number of carbonyl (C=O) groups excluding carboxylic acids is 1. The average Bonchev–Trinajstić information content (AvgIpc) is 2.83. The van der Waals surface area contributed by atoms with E-state index in [2.05, 4.69) is 15.5 Å². The molecule has 0 aliphatic carbocycles. The number of nitrogens with one attached hydrogen (secondary N) is 1. The Kier molecular flexibility index (Phi) is 4.07. The molecule has 18 heavy (non-hydrogen) atoms. The lowest BCUT2D eigenvalue weighted by molar-refractivity contribution is 0.0954. The van der Waals surface area contributed by atoms with Gasteiger partial charge in [0.05, 0.1) is 20.5 Å². The number of thiophene rings is 1. The molecule has 1 N–H and O–H groups in total. The zero-order valence-electron chi connectivity index (χ0n) is 9.55. The Morgan fingerprint density at radius 2 is 2.28 bits per heavy atom. The molecule has 0 saturated carbocycles. The smallest absolute Gasteiger partial charge is 0.267 e. The predicted octanol–water partition coefficient (Wildman–Crippen LogP) is 2.95. The van der Waals surface area contributed by atoms with Crippen LogP contribution < -0.4 is 5.43 Å². The van der Waals surface area contributed by atoms with Gasteiger partial charge in [-0.15, -0.1) is 11.3 Å². The van der Waals surface area contributed by atoms with Crippen LogP contribution in [0.3, 0.4) is 0 Å². The summed E-state index contributed by atoms with van der Waals surface area (Å²) < 4.78 is 0.693. The maximum Gasteiger partial charge on any atom is 0.272 e. The van der Waals surface area contributed by atoms with Crippen molar-refractivity contribution in [2.45, 2.75) is 6.92 Å². The number of rotatable bonds is 3. The zero-order chi connectivity index (χ0) is 13.0. The largest absolute Gasteiger partial charge is 0.272 e. The summed E-state index contributed by atoms with van der Waals surface area (Å²) in [5.74, 6) is -0.287. The number of nitrogens with zero attached hydrogens (tertiary/aromatic N) is 2. The lowest BCUT2D eigenvalue weighted by Crippen LogP contribution is -2.19. The Bertz CT molecular complexity index is 580. The molecule has 0 bridgehead atoms. The van der Waals surface area contributed by atoms with Crippen LogP contribution in [0.25, 0.3) is 0 Å². The summed E-state index contributed by atoms with van der Waals surface area (Å²) in [6, 6.07) is 7.03. The minimum atomic E-state index is -0.287. The first kappa shape index (κ1) is 12.7. The SMILES string of the molecule is CC(=NNC(=O)c1cccnc1)c1ccc(Cl)s1. The Balaban J connectivity index is 2.05. The third-order valence-electron chi connectivity index (χ3n) is 2.18. The highest BCUT2D eigenvalue weighted by Crippen LogP contribution is 2.21. The van der Waals surface area contributed by atoms with Gasteiger partial charge in [0, 0.05) is 12.4 Å². The maximum absolute atomic E-state index is 11.7. The van der Waals surface area contributed by atoms with Gasteiger partial charge in [0.15, 0.2) is 0 Å². The predicted molar refractivity (Wildman–Crippen MR) is 73.2 cm³/mol. The van der Waals surface area contributed by atoms with Crippen molar-refractivity contribution in [2.24, 2.45) is 5.10 Å². The molecule has 0 aliphatic rings. The molecule has 0 aromatic carbocycles. The molecule has 4 nitrogen and oxygen atoms in total. The topological polar surface area (TPSA) is 54.4 Å². The fourth-order valence-corrected chi connectivity index (χ4v) is 2.25. The summed E-state index contributed by atoms with van der Waals surface area (Å²) >= 11 is 7.25. The van der Waals surface area contributed by atoms with Gasteiger partial charge in [-0.1, -0.05) is 11.6 Å². The van der Waals surface area contributed by atoms with E-state index in [9.17, 15) is 4.79 Å². The number of halogens is 1. The summed E-state index contributed by atoms with van der Waals surface area (Å²) in [5.41, 5.74) is 3.66. The molecule has 2 rings (SSSR count). The first-order valence-corrected chi connectivity index (χ1v) is 6.36. The van der Waals surface area contributed by atoms with Crippen LogP contribution >= 0.6 is 22.9 Å². The Morgan fingerprint density at radius 1 is 1.44 bits per heavy atom. The van der Waals surface area contributed by atoms with Crippen molar-refractivity contribution in [1.29, 1.82) is 0 Å². The van der Waals surface area contributed by atoms with Crippen molar-refractivity contribution in [1.82, 2.24) is 10.4 Å². The maximum atomic E-state index is 11.7. The molecule has 92 valence electrons. The highest BCUT2D eigenvalue weighted by atomic mass is 35.5. The number of hydrogen-bond donors (Lipinski definition) is 1. The van der Waals surface area contributed by atoms with Crippen molar-refractivity contribution in [2.75, 3.05) is 0 Å². The number of carbonyl (C=O) groups is 1. The van der Waals surface area contributed by atoms with E-state index in [0.717, 1.165) is 4.88 Å². The molecular weight excluding hydrogens is 270 g/mol. The van der Waals surface area contributed by atoms with E-state index in [4.69, 9.17) is 11.6 Å². The standard InChI is InChI=1S/C12H10ClN3OS/c1-8(10-4-5-11(13)18-10)15-16-12(17)9-3-2-6-14-7-9/h2-7H,1H3,(H,16,17). The van der Waals surface area contributed by atoms with Crippen LogP contribution in [0.4, 0.5) is 0 Å². The Hall–Kier alpha value is -1.72. The lowest BCUT2D eigenvalue weighted by atomic mass is 10.3. The monoisotopic (exact) mass is 279 g/mol. The van der Waals surface area contributed by atoms with Gasteiger partial charge in [0.25, 0.3) is 5.91 Å². The highest BCUT2D eigenvalue weighted by molar-refractivity contribution is 7.18. The molecule has 6 heteroatoms. The minimum absolute atomic E-state index is 0.287. The van der Waals surface area contributed by atoms with E-state index in [-0.39, 0.29) is 5.91 Å². The van der Waals surface area contributed by atoms with E-state index in [1.807, 2.05) is 13.0 Å². The molecule has 0 spiro atoms. The lowest BCUT2D eigenvalue weighted by Gasteiger charge is -2.00. The van der Waals surface area contributed by atoms with E-state index < -0.39 is 0 Å². The van der Waals surface area contributed by atoms with Crippen molar-refractivity contribution < 1.29 is 4.79 Å². The molecule has 0 aliphatic heterocycles. The number of aromatic nitrogens is 1. The number of pyridine rings is 1. The second kappa shape index (κ2) is 5.75. The van der Waals surface area contributed by atoms with Crippen LogP contribution in [0.2, 0.25) is 4.34 Å². The molecule has 1 amide bonds. The van der Waals surface area contributed by atoms with Gasteiger partial charge in [0.2, 0.25) is 0 Å². The summed E-state index contributed by atoms with van der Waals surface area (Å²) in [4.78, 5) is 16.5. The molecule has 0 fully saturated rings. The van der Waals surface area contributed by atoms with Crippen LogP contribution in [0.5, 0.6) is 0 Å². The van der Waals surface area contributed by atoms with Crippen LogP contribution in [0, 0.1) is 0 Å². The highest BCUT2D eigenvalue weighted by Gasteiger charge is 2.05. The molecule has 2 heterocycles. The first-order chi connectivity index (χ1) is 8.66. The number of hydrogen-bond acceptors (Lipinski definition) is 4. The summed E-state index contributed by atoms with van der Waals surface area (Å²) in [5, 5.41) is 4.03. The number of hydrazone groups is 1.